The molecule has 142 valence electrons. The largest absolute Gasteiger partial charge is 0.496 e. The molecule has 0 bridgehead atoms. The van der Waals surface area contributed by atoms with E-state index >= 15 is 0 Å². The third-order valence-electron chi connectivity index (χ3n) is 5.70. The molecule has 26 heavy (non-hydrogen) atoms. The van der Waals surface area contributed by atoms with Crippen molar-refractivity contribution in [2.24, 2.45) is 11.3 Å². The number of ether oxygens (including phenoxy) is 2. The van der Waals surface area contributed by atoms with Crippen LogP contribution < -0.4 is 4.74 Å². The van der Waals surface area contributed by atoms with Crippen LogP contribution in [-0.2, 0) is 9.53 Å². The summed E-state index contributed by atoms with van der Waals surface area (Å²) in [6.07, 6.45) is 9.75. The summed E-state index contributed by atoms with van der Waals surface area (Å²) in [5, 5.41) is 0. The van der Waals surface area contributed by atoms with E-state index in [1.54, 1.807) is 7.11 Å². The molecule has 2 aliphatic rings. The highest BCUT2D eigenvalue weighted by Crippen LogP contribution is 2.46. The topological polar surface area (TPSA) is 38.8 Å². The average molecular weight is 357 g/mol. The van der Waals surface area contributed by atoms with Gasteiger partial charge in [-0.05, 0) is 51.3 Å². The van der Waals surface area contributed by atoms with Gasteiger partial charge in [0.1, 0.15) is 5.75 Å². The molecule has 0 atom stereocenters. The van der Waals surface area contributed by atoms with Gasteiger partial charge < -0.3 is 9.47 Å². The molecule has 4 nitrogen and oxygen atoms in total. The van der Waals surface area contributed by atoms with Crippen molar-refractivity contribution in [1.82, 2.24) is 4.90 Å². The first kappa shape index (κ1) is 19.0. The van der Waals surface area contributed by atoms with Gasteiger partial charge in [0.2, 0.25) is 0 Å². The van der Waals surface area contributed by atoms with Crippen LogP contribution in [-0.4, -0.2) is 44.2 Å². The minimum atomic E-state index is -0.236. The number of rotatable bonds is 8. The summed E-state index contributed by atoms with van der Waals surface area (Å²) in [5.41, 5.74) is 0.863. The van der Waals surface area contributed by atoms with Crippen LogP contribution in [0.3, 0.4) is 0 Å². The molecule has 1 saturated carbocycles. The van der Waals surface area contributed by atoms with E-state index in [1.165, 1.54) is 12.8 Å². The summed E-state index contributed by atoms with van der Waals surface area (Å²) >= 11 is 0. The van der Waals surface area contributed by atoms with E-state index in [-0.39, 0.29) is 11.4 Å². The Morgan fingerprint density at radius 3 is 2.65 bits per heavy atom. The maximum absolute atomic E-state index is 12.6. The highest BCUT2D eigenvalue weighted by molar-refractivity contribution is 5.77. The third kappa shape index (κ3) is 4.67. The molecule has 0 unspecified atom stereocenters. The van der Waals surface area contributed by atoms with Crippen molar-refractivity contribution in [2.45, 2.75) is 39.0 Å². The lowest BCUT2D eigenvalue weighted by Gasteiger charge is -2.39. The summed E-state index contributed by atoms with van der Waals surface area (Å²) in [5.74, 6) is 1.68. The number of likely N-dealkylation sites (tertiary alicyclic amines) is 1. The number of hydrogen-bond donors (Lipinski definition) is 0. The fourth-order valence-electron chi connectivity index (χ4n) is 3.95. The number of piperidine rings is 1. The molecule has 1 saturated heterocycles. The van der Waals surface area contributed by atoms with E-state index in [0.29, 0.717) is 6.61 Å². The van der Waals surface area contributed by atoms with Crippen LogP contribution in [0.2, 0.25) is 0 Å². The molecular weight excluding hydrogens is 326 g/mol. The quantitative estimate of drug-likeness (QED) is 0.655. The minimum Gasteiger partial charge on any atom is -0.496 e. The third-order valence-corrected chi connectivity index (χ3v) is 5.70. The number of carbonyl (C=O) groups excluding carboxylic acids is 1. The van der Waals surface area contributed by atoms with Crippen LogP contribution in [0.25, 0.3) is 6.08 Å². The second kappa shape index (κ2) is 8.72. The Balaban J connectivity index is 1.55. The summed E-state index contributed by atoms with van der Waals surface area (Å²) in [6, 6.07) is 8.05. The molecular formula is C22H31NO3. The monoisotopic (exact) mass is 357 g/mol. The van der Waals surface area contributed by atoms with Crippen LogP contribution in [0.15, 0.2) is 30.3 Å². The Morgan fingerprint density at radius 2 is 2.00 bits per heavy atom. The minimum absolute atomic E-state index is 0.0381. The van der Waals surface area contributed by atoms with E-state index in [0.717, 1.165) is 56.1 Å². The van der Waals surface area contributed by atoms with Gasteiger partial charge in [-0.15, -0.1) is 0 Å². The number of carbonyl (C=O) groups is 1. The molecule has 1 aliphatic heterocycles. The smallest absolute Gasteiger partial charge is 0.312 e. The Kier molecular flexibility index (Phi) is 6.36. The van der Waals surface area contributed by atoms with Gasteiger partial charge in [-0.2, -0.15) is 0 Å². The predicted molar refractivity (Wildman–Crippen MR) is 104 cm³/mol. The van der Waals surface area contributed by atoms with Crippen molar-refractivity contribution in [1.29, 1.82) is 0 Å². The lowest BCUT2D eigenvalue weighted by molar-refractivity contribution is -0.159. The van der Waals surface area contributed by atoms with Crippen LogP contribution in [0, 0.1) is 11.3 Å². The molecule has 0 aromatic heterocycles. The number of esters is 1. The van der Waals surface area contributed by atoms with Crippen LogP contribution in [0.1, 0.15) is 44.6 Å². The molecule has 0 N–H and O–H groups in total. The van der Waals surface area contributed by atoms with Crippen molar-refractivity contribution in [3.63, 3.8) is 0 Å². The Hall–Kier alpha value is -1.81. The molecule has 1 aromatic carbocycles. The van der Waals surface area contributed by atoms with Crippen molar-refractivity contribution in [3.8, 4) is 5.75 Å². The molecule has 0 radical (unpaired) electrons. The highest BCUT2D eigenvalue weighted by Gasteiger charge is 2.45. The van der Waals surface area contributed by atoms with E-state index in [1.807, 2.05) is 25.1 Å². The van der Waals surface area contributed by atoms with Gasteiger partial charge in [0.15, 0.2) is 0 Å². The second-order valence-electron chi connectivity index (χ2n) is 7.59. The van der Waals surface area contributed by atoms with E-state index in [9.17, 15) is 4.79 Å². The van der Waals surface area contributed by atoms with Crippen LogP contribution in [0.4, 0.5) is 0 Å². The van der Waals surface area contributed by atoms with Gasteiger partial charge in [0.05, 0.1) is 19.1 Å². The van der Waals surface area contributed by atoms with Crippen molar-refractivity contribution in [3.05, 3.63) is 35.9 Å². The number of methoxy groups -OCH3 is 1. The zero-order valence-corrected chi connectivity index (χ0v) is 16.1. The zero-order chi connectivity index (χ0) is 18.4. The van der Waals surface area contributed by atoms with Gasteiger partial charge in [0.25, 0.3) is 0 Å². The highest BCUT2D eigenvalue weighted by atomic mass is 16.5. The fourth-order valence-corrected chi connectivity index (χ4v) is 3.95. The normalized spacial score (nSPS) is 20.2. The Bertz CT molecular complexity index is 628. The summed E-state index contributed by atoms with van der Waals surface area (Å²) < 4.78 is 10.8. The number of hydrogen-bond acceptors (Lipinski definition) is 4. The molecule has 0 spiro atoms. The van der Waals surface area contributed by atoms with Crippen LogP contribution in [0.5, 0.6) is 5.75 Å². The Morgan fingerprint density at radius 1 is 1.27 bits per heavy atom. The molecule has 4 heteroatoms. The summed E-state index contributed by atoms with van der Waals surface area (Å²) in [4.78, 5) is 15.0. The first-order valence-corrected chi connectivity index (χ1v) is 9.86. The van der Waals surface area contributed by atoms with Gasteiger partial charge in [-0.25, -0.2) is 0 Å². The SMILES string of the molecule is CCOC(=O)C1(CC2CC2)CCN(C/C=C/c2ccccc2OC)CC1. The second-order valence-corrected chi connectivity index (χ2v) is 7.59. The standard InChI is InChI=1S/C22H31NO3/c1-3-26-21(24)22(17-18-10-11-18)12-15-23(16-13-22)14-6-8-19-7-4-5-9-20(19)25-2/h4-9,18H,3,10-17H2,1-2H3/b8-6+. The molecule has 2 fully saturated rings. The molecule has 0 amide bonds. The van der Waals surface area contributed by atoms with Gasteiger partial charge >= 0.3 is 5.97 Å². The van der Waals surface area contributed by atoms with Crippen molar-refractivity contribution >= 4 is 12.0 Å². The Labute approximate surface area is 157 Å². The van der Waals surface area contributed by atoms with Crippen molar-refractivity contribution < 1.29 is 14.3 Å². The molecule has 1 heterocycles. The lowest BCUT2D eigenvalue weighted by atomic mass is 9.74. The van der Waals surface area contributed by atoms with Gasteiger partial charge in [-0.1, -0.05) is 43.2 Å². The number of nitrogens with zero attached hydrogens (tertiary/aromatic N) is 1. The maximum atomic E-state index is 12.6. The first-order chi connectivity index (χ1) is 12.7. The van der Waals surface area contributed by atoms with E-state index in [4.69, 9.17) is 9.47 Å². The number of para-hydroxylation sites is 1. The summed E-state index contributed by atoms with van der Waals surface area (Å²) in [6.45, 7) is 5.21. The van der Waals surface area contributed by atoms with E-state index < -0.39 is 0 Å². The lowest BCUT2D eigenvalue weighted by Crippen LogP contribution is -2.45. The molecule has 1 aromatic rings. The maximum Gasteiger partial charge on any atom is 0.312 e. The predicted octanol–water partition coefficient (Wildman–Crippen LogP) is 4.15. The van der Waals surface area contributed by atoms with E-state index in [2.05, 4.69) is 23.1 Å². The van der Waals surface area contributed by atoms with Crippen LogP contribution >= 0.6 is 0 Å². The number of benzene rings is 1. The molecule has 1 aliphatic carbocycles. The average Bonchev–Trinajstić information content (AvgIpc) is 3.47. The molecule has 3 rings (SSSR count). The summed E-state index contributed by atoms with van der Waals surface area (Å²) in [7, 11) is 1.70. The van der Waals surface area contributed by atoms with Crippen molar-refractivity contribution in [2.75, 3.05) is 33.4 Å². The van der Waals surface area contributed by atoms with Gasteiger partial charge in [0, 0.05) is 12.1 Å². The van der Waals surface area contributed by atoms with Gasteiger partial charge in [-0.3, -0.25) is 9.69 Å². The fraction of sp³-hybridized carbons (Fsp3) is 0.591. The zero-order valence-electron chi connectivity index (χ0n) is 16.1. The first-order valence-electron chi connectivity index (χ1n) is 9.86.